The van der Waals surface area contributed by atoms with E-state index >= 15 is 0 Å². The number of hydrogen-bond donors (Lipinski definition) is 1. The summed E-state index contributed by atoms with van der Waals surface area (Å²) >= 11 is 1.56. The third-order valence-electron chi connectivity index (χ3n) is 2.07. The number of aryl methyl sites for hydroxylation is 2. The Morgan fingerprint density at radius 2 is 2.08 bits per heavy atom. The van der Waals surface area contributed by atoms with Gasteiger partial charge in [0.15, 0.2) is 5.16 Å². The van der Waals surface area contributed by atoms with Crippen LogP contribution in [0.5, 0.6) is 0 Å². The lowest BCUT2D eigenvalue weighted by molar-refractivity contribution is 0.965. The fourth-order valence-electron chi connectivity index (χ4n) is 1.46. The van der Waals surface area contributed by atoms with Crippen molar-refractivity contribution < 1.29 is 0 Å². The number of thioether (sulfide) groups is 1. The zero-order valence-electron chi connectivity index (χ0n) is 7.88. The molecule has 0 saturated heterocycles. The topological polar surface area (TPSA) is 41.6 Å². The number of H-pyrrole nitrogens is 1. The van der Waals surface area contributed by atoms with Crippen LogP contribution in [0.25, 0.3) is 11.0 Å². The molecule has 2 heterocycles. The highest BCUT2D eigenvalue weighted by atomic mass is 32.2. The lowest BCUT2D eigenvalue weighted by atomic mass is 10.2. The van der Waals surface area contributed by atoms with Gasteiger partial charge in [-0.3, -0.25) is 0 Å². The SMILES string of the molecule is CSc1nc(C)c2c(C)c[nH]c2n1. The van der Waals surface area contributed by atoms with E-state index in [1.165, 1.54) is 5.56 Å². The van der Waals surface area contributed by atoms with Gasteiger partial charge in [-0.15, -0.1) is 0 Å². The summed E-state index contributed by atoms with van der Waals surface area (Å²) in [5.74, 6) is 0. The molecule has 68 valence electrons. The molecule has 2 rings (SSSR count). The molecule has 0 saturated carbocycles. The van der Waals surface area contributed by atoms with Crippen molar-refractivity contribution in [2.75, 3.05) is 6.26 Å². The van der Waals surface area contributed by atoms with Crippen LogP contribution >= 0.6 is 11.8 Å². The van der Waals surface area contributed by atoms with Crippen LogP contribution in [0.1, 0.15) is 11.3 Å². The van der Waals surface area contributed by atoms with E-state index in [1.54, 1.807) is 11.8 Å². The third kappa shape index (κ3) is 1.31. The van der Waals surface area contributed by atoms with E-state index in [4.69, 9.17) is 0 Å². The lowest BCUT2D eigenvalue weighted by Gasteiger charge is -1.99. The van der Waals surface area contributed by atoms with Crippen molar-refractivity contribution in [2.45, 2.75) is 19.0 Å². The van der Waals surface area contributed by atoms with E-state index in [0.29, 0.717) is 0 Å². The molecule has 2 aromatic rings. The summed E-state index contributed by atoms with van der Waals surface area (Å²) in [6.45, 7) is 4.08. The van der Waals surface area contributed by atoms with Crippen LogP contribution in [-0.4, -0.2) is 21.2 Å². The number of aromatic amines is 1. The van der Waals surface area contributed by atoms with Gasteiger partial charge in [0.1, 0.15) is 5.65 Å². The predicted octanol–water partition coefficient (Wildman–Crippen LogP) is 2.30. The van der Waals surface area contributed by atoms with Gasteiger partial charge in [-0.25, -0.2) is 9.97 Å². The van der Waals surface area contributed by atoms with Crippen molar-refractivity contribution in [1.29, 1.82) is 0 Å². The Morgan fingerprint density at radius 3 is 2.77 bits per heavy atom. The number of nitrogens with zero attached hydrogens (tertiary/aromatic N) is 2. The van der Waals surface area contributed by atoms with E-state index in [9.17, 15) is 0 Å². The van der Waals surface area contributed by atoms with Gasteiger partial charge in [0, 0.05) is 11.6 Å². The zero-order valence-corrected chi connectivity index (χ0v) is 8.70. The summed E-state index contributed by atoms with van der Waals surface area (Å²) < 4.78 is 0. The zero-order chi connectivity index (χ0) is 9.42. The monoisotopic (exact) mass is 193 g/mol. The highest BCUT2D eigenvalue weighted by Gasteiger charge is 2.06. The van der Waals surface area contributed by atoms with Crippen molar-refractivity contribution in [3.05, 3.63) is 17.5 Å². The summed E-state index contributed by atoms with van der Waals surface area (Å²) in [7, 11) is 0. The number of fused-ring (bicyclic) bond motifs is 1. The Labute approximate surface area is 81.0 Å². The quantitative estimate of drug-likeness (QED) is 0.558. The van der Waals surface area contributed by atoms with Crippen LogP contribution in [0.3, 0.4) is 0 Å². The summed E-state index contributed by atoms with van der Waals surface area (Å²) in [4.78, 5) is 11.9. The van der Waals surface area contributed by atoms with Gasteiger partial charge in [0.05, 0.1) is 5.69 Å². The molecule has 0 radical (unpaired) electrons. The van der Waals surface area contributed by atoms with E-state index in [1.807, 2.05) is 19.4 Å². The highest BCUT2D eigenvalue weighted by Crippen LogP contribution is 2.21. The molecule has 4 heteroatoms. The Bertz CT molecular complexity index is 447. The van der Waals surface area contributed by atoms with E-state index in [2.05, 4.69) is 21.9 Å². The average molecular weight is 193 g/mol. The maximum absolute atomic E-state index is 4.38. The van der Waals surface area contributed by atoms with Crippen LogP contribution in [0.2, 0.25) is 0 Å². The second-order valence-electron chi connectivity index (χ2n) is 2.99. The smallest absolute Gasteiger partial charge is 0.189 e. The number of aromatic nitrogens is 3. The van der Waals surface area contributed by atoms with Gasteiger partial charge in [-0.1, -0.05) is 11.8 Å². The Kier molecular flexibility index (Phi) is 2.00. The first-order chi connectivity index (χ1) is 6.22. The Hall–Kier alpha value is -1.03. The predicted molar refractivity (Wildman–Crippen MR) is 55.1 cm³/mol. The minimum Gasteiger partial charge on any atom is -0.346 e. The molecular formula is C9H11N3S. The molecular weight excluding hydrogens is 182 g/mol. The van der Waals surface area contributed by atoms with E-state index < -0.39 is 0 Å². The standard InChI is InChI=1S/C9H11N3S/c1-5-4-10-8-7(5)6(2)11-9(12-8)13-3/h4H,1-3H3,(H,10,11,12). The van der Waals surface area contributed by atoms with Gasteiger partial charge >= 0.3 is 0 Å². The molecule has 0 spiro atoms. The number of rotatable bonds is 1. The molecule has 0 aliphatic carbocycles. The lowest BCUT2D eigenvalue weighted by Crippen LogP contribution is -1.91. The van der Waals surface area contributed by atoms with Crippen molar-refractivity contribution in [3.8, 4) is 0 Å². The molecule has 1 N–H and O–H groups in total. The fourth-order valence-corrected chi connectivity index (χ4v) is 1.87. The van der Waals surface area contributed by atoms with Crippen LogP contribution in [0.4, 0.5) is 0 Å². The van der Waals surface area contributed by atoms with Crippen molar-refractivity contribution in [2.24, 2.45) is 0 Å². The van der Waals surface area contributed by atoms with Crippen LogP contribution in [0.15, 0.2) is 11.4 Å². The molecule has 0 amide bonds. The number of nitrogens with one attached hydrogen (secondary N) is 1. The molecule has 0 aliphatic rings. The first kappa shape index (κ1) is 8.56. The molecule has 0 fully saturated rings. The summed E-state index contributed by atoms with van der Waals surface area (Å²) in [6, 6.07) is 0. The number of hydrogen-bond acceptors (Lipinski definition) is 3. The van der Waals surface area contributed by atoms with Gasteiger partial charge in [-0.05, 0) is 25.7 Å². The van der Waals surface area contributed by atoms with Gasteiger partial charge in [0.2, 0.25) is 0 Å². The Morgan fingerprint density at radius 1 is 1.31 bits per heavy atom. The molecule has 0 bridgehead atoms. The van der Waals surface area contributed by atoms with E-state index in [0.717, 1.165) is 21.9 Å². The minimum absolute atomic E-state index is 0.826. The largest absolute Gasteiger partial charge is 0.346 e. The van der Waals surface area contributed by atoms with Crippen molar-refractivity contribution >= 4 is 22.8 Å². The summed E-state index contributed by atoms with van der Waals surface area (Å²) in [6.07, 6.45) is 3.95. The Balaban J connectivity index is 2.79. The second kappa shape index (κ2) is 3.03. The molecule has 13 heavy (non-hydrogen) atoms. The van der Waals surface area contributed by atoms with Crippen molar-refractivity contribution in [3.63, 3.8) is 0 Å². The first-order valence-electron chi connectivity index (χ1n) is 4.08. The fraction of sp³-hybridized carbons (Fsp3) is 0.333. The maximum atomic E-state index is 4.38. The van der Waals surface area contributed by atoms with Crippen LogP contribution < -0.4 is 0 Å². The third-order valence-corrected chi connectivity index (χ3v) is 2.62. The first-order valence-corrected chi connectivity index (χ1v) is 5.31. The molecule has 0 unspecified atom stereocenters. The normalized spacial score (nSPS) is 11.0. The molecule has 0 aromatic carbocycles. The van der Waals surface area contributed by atoms with E-state index in [-0.39, 0.29) is 0 Å². The molecule has 2 aromatic heterocycles. The molecule has 3 nitrogen and oxygen atoms in total. The maximum Gasteiger partial charge on any atom is 0.189 e. The van der Waals surface area contributed by atoms with Gasteiger partial charge in [-0.2, -0.15) is 0 Å². The van der Waals surface area contributed by atoms with Crippen LogP contribution in [-0.2, 0) is 0 Å². The van der Waals surface area contributed by atoms with Crippen molar-refractivity contribution in [1.82, 2.24) is 15.0 Å². The van der Waals surface area contributed by atoms with Gasteiger partial charge in [0.25, 0.3) is 0 Å². The van der Waals surface area contributed by atoms with Crippen LogP contribution in [0, 0.1) is 13.8 Å². The summed E-state index contributed by atoms with van der Waals surface area (Å²) in [5.41, 5.74) is 3.20. The second-order valence-corrected chi connectivity index (χ2v) is 3.76. The molecule has 0 aliphatic heterocycles. The minimum atomic E-state index is 0.826. The summed E-state index contributed by atoms with van der Waals surface area (Å²) in [5, 5.41) is 1.98. The highest BCUT2D eigenvalue weighted by molar-refractivity contribution is 7.98. The average Bonchev–Trinajstić information content (AvgIpc) is 2.48. The molecule has 0 atom stereocenters. The van der Waals surface area contributed by atoms with Gasteiger partial charge < -0.3 is 4.98 Å².